The maximum Gasteiger partial charge on any atom is 0.307 e. The lowest BCUT2D eigenvalue weighted by molar-refractivity contribution is -0.146. The summed E-state index contributed by atoms with van der Waals surface area (Å²) in [7, 11) is 0. The topological polar surface area (TPSA) is 84.5 Å². The molecule has 0 spiro atoms. The van der Waals surface area contributed by atoms with Gasteiger partial charge in [-0.05, 0) is 36.4 Å². The number of carbonyl (C=O) groups is 3. The van der Waals surface area contributed by atoms with Gasteiger partial charge in [-0.15, -0.1) is 11.8 Å². The van der Waals surface area contributed by atoms with Gasteiger partial charge in [0.2, 0.25) is 5.91 Å². The largest absolute Gasteiger partial charge is 0.456 e. The van der Waals surface area contributed by atoms with Crippen LogP contribution in [0.4, 0.5) is 15.8 Å². The van der Waals surface area contributed by atoms with Gasteiger partial charge in [0.05, 0.1) is 6.42 Å². The van der Waals surface area contributed by atoms with Crippen molar-refractivity contribution in [3.63, 3.8) is 0 Å². The molecule has 2 amide bonds. The third-order valence-corrected chi connectivity index (χ3v) is 4.30. The maximum absolute atomic E-state index is 13.5. The van der Waals surface area contributed by atoms with Crippen molar-refractivity contribution >= 4 is 40.9 Å². The Labute approximate surface area is 160 Å². The maximum atomic E-state index is 13.5. The van der Waals surface area contributed by atoms with E-state index in [0.717, 1.165) is 0 Å². The van der Waals surface area contributed by atoms with Gasteiger partial charge >= 0.3 is 5.97 Å². The van der Waals surface area contributed by atoms with Crippen LogP contribution in [0, 0.1) is 5.82 Å². The first-order chi connectivity index (χ1) is 12.9. The second-order valence-electron chi connectivity index (χ2n) is 5.50. The number of hydrogen-bond acceptors (Lipinski definition) is 5. The van der Waals surface area contributed by atoms with Crippen LogP contribution < -0.4 is 10.6 Å². The molecule has 2 aromatic carbocycles. The number of esters is 1. The van der Waals surface area contributed by atoms with Crippen LogP contribution in [0.2, 0.25) is 0 Å². The number of thioether (sulfide) groups is 1. The minimum absolute atomic E-state index is 0.0672. The minimum Gasteiger partial charge on any atom is -0.456 e. The summed E-state index contributed by atoms with van der Waals surface area (Å²) >= 11 is 1.21. The van der Waals surface area contributed by atoms with Crippen LogP contribution in [0.3, 0.4) is 0 Å². The van der Waals surface area contributed by atoms with Gasteiger partial charge < -0.3 is 15.4 Å². The van der Waals surface area contributed by atoms with E-state index in [0.29, 0.717) is 22.0 Å². The van der Waals surface area contributed by atoms with E-state index >= 15 is 0 Å². The summed E-state index contributed by atoms with van der Waals surface area (Å²) in [6, 6.07) is 12.8. The van der Waals surface area contributed by atoms with E-state index in [1.54, 1.807) is 42.5 Å². The highest BCUT2D eigenvalue weighted by Gasteiger charge is 2.09. The highest BCUT2D eigenvalue weighted by atomic mass is 32.2. The summed E-state index contributed by atoms with van der Waals surface area (Å²) in [5.41, 5.74) is 1.12. The first-order valence-corrected chi connectivity index (χ1v) is 9.13. The van der Waals surface area contributed by atoms with Crippen molar-refractivity contribution in [3.8, 4) is 0 Å². The van der Waals surface area contributed by atoms with Crippen LogP contribution in [0.1, 0.15) is 13.3 Å². The Morgan fingerprint density at radius 1 is 1.00 bits per heavy atom. The average Bonchev–Trinajstić information content (AvgIpc) is 2.63. The van der Waals surface area contributed by atoms with E-state index in [4.69, 9.17) is 4.74 Å². The quantitative estimate of drug-likeness (QED) is 0.533. The lowest BCUT2D eigenvalue weighted by atomic mass is 10.2. The molecule has 0 saturated carbocycles. The molecule has 27 heavy (non-hydrogen) atoms. The molecule has 0 radical (unpaired) electrons. The Kier molecular flexibility index (Phi) is 7.81. The summed E-state index contributed by atoms with van der Waals surface area (Å²) < 4.78 is 18.4. The fourth-order valence-electron chi connectivity index (χ4n) is 2.06. The zero-order chi connectivity index (χ0) is 19.6. The second kappa shape index (κ2) is 10.3. The standard InChI is InChI=1S/C19H19FN2O4S/c1-13(23)21-14-6-8-15(9-7-14)22-18(24)12-26-19(25)10-11-27-17-5-3-2-4-16(17)20/h2-9H,10-12H2,1H3,(H,21,23)(H,22,24). The van der Waals surface area contributed by atoms with Crippen molar-refractivity contribution in [2.45, 2.75) is 18.2 Å². The Hall–Kier alpha value is -2.87. The number of hydrogen-bond donors (Lipinski definition) is 2. The number of amides is 2. The summed E-state index contributed by atoms with van der Waals surface area (Å²) in [6.07, 6.45) is 0.0672. The third kappa shape index (κ3) is 7.49. The van der Waals surface area contributed by atoms with Gasteiger partial charge in [-0.3, -0.25) is 14.4 Å². The first kappa shape index (κ1) is 20.4. The SMILES string of the molecule is CC(=O)Nc1ccc(NC(=O)COC(=O)CCSc2ccccc2F)cc1. The molecule has 0 unspecified atom stereocenters. The fraction of sp³-hybridized carbons (Fsp3) is 0.211. The molecule has 0 aliphatic rings. The molecule has 0 aliphatic carbocycles. The normalized spacial score (nSPS) is 10.1. The zero-order valence-electron chi connectivity index (χ0n) is 14.7. The minimum atomic E-state index is -0.532. The molecule has 8 heteroatoms. The van der Waals surface area contributed by atoms with Crippen molar-refractivity contribution < 1.29 is 23.5 Å². The average molecular weight is 390 g/mol. The van der Waals surface area contributed by atoms with Crippen LogP contribution in [-0.4, -0.2) is 30.1 Å². The van der Waals surface area contributed by atoms with Gasteiger partial charge in [-0.2, -0.15) is 0 Å². The molecule has 2 N–H and O–H groups in total. The fourth-order valence-corrected chi connectivity index (χ4v) is 2.93. The number of halogens is 1. The number of carbonyl (C=O) groups excluding carboxylic acids is 3. The molecule has 0 saturated heterocycles. The molecule has 6 nitrogen and oxygen atoms in total. The van der Waals surface area contributed by atoms with Crippen LogP contribution in [0.25, 0.3) is 0 Å². The van der Waals surface area contributed by atoms with Gasteiger partial charge in [0.25, 0.3) is 5.91 Å². The van der Waals surface area contributed by atoms with E-state index in [1.807, 2.05) is 0 Å². The van der Waals surface area contributed by atoms with Crippen molar-refractivity contribution in [1.29, 1.82) is 0 Å². The molecular weight excluding hydrogens is 371 g/mol. The van der Waals surface area contributed by atoms with E-state index in [2.05, 4.69) is 10.6 Å². The van der Waals surface area contributed by atoms with Crippen molar-refractivity contribution in [1.82, 2.24) is 0 Å². The molecule has 0 atom stereocenters. The van der Waals surface area contributed by atoms with Gasteiger partial charge in [0.15, 0.2) is 6.61 Å². The molecular formula is C19H19FN2O4S. The van der Waals surface area contributed by atoms with Crippen molar-refractivity contribution in [2.24, 2.45) is 0 Å². The van der Waals surface area contributed by atoms with Crippen LogP contribution in [0.5, 0.6) is 0 Å². The van der Waals surface area contributed by atoms with Crippen molar-refractivity contribution in [3.05, 3.63) is 54.3 Å². The number of ether oxygens (including phenoxy) is 1. The lowest BCUT2D eigenvalue weighted by Crippen LogP contribution is -2.21. The van der Waals surface area contributed by atoms with Gasteiger partial charge in [-0.1, -0.05) is 12.1 Å². The molecule has 2 rings (SSSR count). The Morgan fingerprint density at radius 2 is 1.63 bits per heavy atom. The lowest BCUT2D eigenvalue weighted by Gasteiger charge is -2.08. The van der Waals surface area contributed by atoms with Gasteiger partial charge in [0.1, 0.15) is 5.82 Å². The van der Waals surface area contributed by atoms with Gasteiger partial charge in [0, 0.05) is 28.9 Å². The molecule has 0 fully saturated rings. The molecule has 142 valence electrons. The highest BCUT2D eigenvalue weighted by Crippen LogP contribution is 2.21. The molecule has 0 aromatic heterocycles. The zero-order valence-corrected chi connectivity index (χ0v) is 15.5. The highest BCUT2D eigenvalue weighted by molar-refractivity contribution is 7.99. The molecule has 0 aliphatic heterocycles. The first-order valence-electron chi connectivity index (χ1n) is 8.14. The van der Waals surface area contributed by atoms with Crippen molar-refractivity contribution in [2.75, 3.05) is 23.0 Å². The molecule has 0 heterocycles. The summed E-state index contributed by atoms with van der Waals surface area (Å²) in [4.78, 5) is 34.9. The number of anilines is 2. The number of nitrogens with one attached hydrogen (secondary N) is 2. The third-order valence-electron chi connectivity index (χ3n) is 3.25. The Bertz CT molecular complexity index is 812. The second-order valence-corrected chi connectivity index (χ2v) is 6.63. The van der Waals surface area contributed by atoms with Crippen LogP contribution in [-0.2, 0) is 19.1 Å². The van der Waals surface area contributed by atoms with Crippen LogP contribution >= 0.6 is 11.8 Å². The summed E-state index contributed by atoms with van der Waals surface area (Å²) in [6.45, 7) is 0.996. The molecule has 2 aromatic rings. The van der Waals surface area contributed by atoms with E-state index in [9.17, 15) is 18.8 Å². The van der Waals surface area contributed by atoms with E-state index in [-0.39, 0.29) is 18.1 Å². The number of benzene rings is 2. The summed E-state index contributed by atoms with van der Waals surface area (Å²) in [5, 5.41) is 5.20. The number of rotatable bonds is 8. The predicted molar refractivity (Wildman–Crippen MR) is 102 cm³/mol. The smallest absolute Gasteiger partial charge is 0.307 e. The monoisotopic (exact) mass is 390 g/mol. The van der Waals surface area contributed by atoms with E-state index < -0.39 is 18.5 Å². The Morgan fingerprint density at radius 3 is 2.26 bits per heavy atom. The van der Waals surface area contributed by atoms with Gasteiger partial charge in [-0.25, -0.2) is 4.39 Å². The molecule has 0 bridgehead atoms. The summed E-state index contributed by atoms with van der Waals surface area (Å²) in [5.74, 6) is -1.18. The van der Waals surface area contributed by atoms with E-state index in [1.165, 1.54) is 24.8 Å². The predicted octanol–water partition coefficient (Wildman–Crippen LogP) is 3.45. The van der Waals surface area contributed by atoms with Crippen LogP contribution in [0.15, 0.2) is 53.4 Å². The Balaban J connectivity index is 1.68.